The Labute approximate surface area is 355 Å². The van der Waals surface area contributed by atoms with Gasteiger partial charge in [0.15, 0.2) is 0 Å². The largest absolute Gasteiger partial charge is 0.308 e. The Morgan fingerprint density at radius 2 is 0.661 bits per heavy atom. The van der Waals surface area contributed by atoms with E-state index in [1.807, 2.05) is 91.0 Å². The van der Waals surface area contributed by atoms with Gasteiger partial charge in [0.2, 0.25) is 0 Å². The Balaban J connectivity index is 1.30. The van der Waals surface area contributed by atoms with E-state index in [0.29, 0.717) is 33.4 Å². The Kier molecular flexibility index (Phi) is 8.62. The number of hydrogen-bond donors (Lipinski definition) is 0. The Morgan fingerprint density at radius 3 is 1.10 bits per heavy atom. The second-order valence-corrected chi connectivity index (χ2v) is 14.9. The predicted octanol–water partition coefficient (Wildman–Crippen LogP) is 12.1. The molecule has 282 valence electrons. The number of aromatic nitrogens is 2. The van der Waals surface area contributed by atoms with E-state index >= 15 is 0 Å². The fourth-order valence-electron chi connectivity index (χ4n) is 8.74. The number of para-hydroxylation sites is 2. The molecule has 8 nitrogen and oxygen atoms in total. The van der Waals surface area contributed by atoms with E-state index < -0.39 is 0 Å². The lowest BCUT2D eigenvalue weighted by atomic mass is 9.96. The standard InChI is InChI=1S/C54H26N8/c55-27-33-6-5-7-41(18-33)54-52(61-48-10-3-1-8-44(48)46-25-39(12-14-50(46)61)42-19-34(28-56)16-35(20-42)29-57)23-38(32-60)24-53(54)62-49-11-4-2-9-45(49)47-26-40(13-15-51(47)62)43-21-36(30-58)17-37(22-43)31-59/h1-26H. The normalized spacial score (nSPS) is 10.8. The molecule has 0 saturated heterocycles. The maximum Gasteiger partial charge on any atom is 0.0993 e. The summed E-state index contributed by atoms with van der Waals surface area (Å²) in [6.07, 6.45) is 0. The molecule has 0 fully saturated rings. The van der Waals surface area contributed by atoms with Crippen LogP contribution in [0.5, 0.6) is 0 Å². The third kappa shape index (κ3) is 5.87. The Hall–Kier alpha value is -9.70. The molecule has 0 unspecified atom stereocenters. The summed E-state index contributed by atoms with van der Waals surface area (Å²) in [6.45, 7) is 0. The third-order valence-corrected chi connectivity index (χ3v) is 11.4. The van der Waals surface area contributed by atoms with E-state index in [-0.39, 0.29) is 0 Å². The first-order chi connectivity index (χ1) is 30.4. The first-order valence-electron chi connectivity index (χ1n) is 19.5. The maximum absolute atomic E-state index is 10.8. The smallest absolute Gasteiger partial charge is 0.0993 e. The zero-order valence-corrected chi connectivity index (χ0v) is 32.6. The van der Waals surface area contributed by atoms with Crippen LogP contribution in [0.1, 0.15) is 33.4 Å². The summed E-state index contributed by atoms with van der Waals surface area (Å²) in [5.41, 5.74) is 12.2. The molecule has 0 atom stereocenters. The van der Waals surface area contributed by atoms with E-state index in [1.54, 1.807) is 42.5 Å². The van der Waals surface area contributed by atoms with Crippen LogP contribution in [0, 0.1) is 68.0 Å². The van der Waals surface area contributed by atoms with Crippen LogP contribution in [0.25, 0.3) is 88.4 Å². The molecule has 0 aliphatic rings. The van der Waals surface area contributed by atoms with Crippen LogP contribution in [-0.2, 0) is 0 Å². The van der Waals surface area contributed by atoms with Crippen molar-refractivity contribution in [2.24, 2.45) is 0 Å². The number of rotatable bonds is 5. The molecular weight excluding hydrogens is 761 g/mol. The van der Waals surface area contributed by atoms with Gasteiger partial charge >= 0.3 is 0 Å². The summed E-state index contributed by atoms with van der Waals surface area (Å²) < 4.78 is 4.33. The molecule has 0 spiro atoms. The summed E-state index contributed by atoms with van der Waals surface area (Å²) in [7, 11) is 0. The molecule has 0 bridgehead atoms. The molecule has 2 aromatic heterocycles. The highest BCUT2D eigenvalue weighted by atomic mass is 15.0. The fraction of sp³-hybridized carbons (Fsp3) is 0. The molecule has 8 heteroatoms. The highest BCUT2D eigenvalue weighted by molar-refractivity contribution is 6.13. The van der Waals surface area contributed by atoms with Crippen LogP contribution in [0.2, 0.25) is 0 Å². The van der Waals surface area contributed by atoms with Gasteiger partial charge in [0.25, 0.3) is 0 Å². The molecule has 10 aromatic rings. The van der Waals surface area contributed by atoms with E-state index in [9.17, 15) is 31.6 Å². The highest BCUT2D eigenvalue weighted by Crippen LogP contribution is 2.44. The summed E-state index contributed by atoms with van der Waals surface area (Å²) in [5, 5.41) is 63.7. The monoisotopic (exact) mass is 786 g/mol. The van der Waals surface area contributed by atoms with Crippen molar-refractivity contribution >= 4 is 43.6 Å². The number of nitrogens with zero attached hydrogens (tertiary/aromatic N) is 8. The van der Waals surface area contributed by atoms with Gasteiger partial charge < -0.3 is 9.13 Å². The molecule has 2 heterocycles. The van der Waals surface area contributed by atoms with Crippen molar-refractivity contribution in [1.82, 2.24) is 9.13 Å². The van der Waals surface area contributed by atoms with Crippen molar-refractivity contribution in [3.05, 3.63) is 191 Å². The third-order valence-electron chi connectivity index (χ3n) is 11.4. The van der Waals surface area contributed by atoms with Gasteiger partial charge in [0.05, 0.1) is 103 Å². The lowest BCUT2D eigenvalue weighted by Gasteiger charge is -2.21. The zero-order chi connectivity index (χ0) is 42.5. The first kappa shape index (κ1) is 36.6. The summed E-state index contributed by atoms with van der Waals surface area (Å²) in [5.74, 6) is 0. The van der Waals surface area contributed by atoms with Crippen molar-refractivity contribution in [3.8, 4) is 81.2 Å². The van der Waals surface area contributed by atoms with E-state index in [1.165, 1.54) is 0 Å². The van der Waals surface area contributed by atoms with Gasteiger partial charge in [-0.2, -0.15) is 31.6 Å². The van der Waals surface area contributed by atoms with Gasteiger partial charge in [-0.1, -0.05) is 60.7 Å². The van der Waals surface area contributed by atoms with E-state index in [0.717, 1.165) is 88.4 Å². The number of fused-ring (bicyclic) bond motifs is 6. The molecule has 62 heavy (non-hydrogen) atoms. The van der Waals surface area contributed by atoms with Gasteiger partial charge in [-0.3, -0.25) is 0 Å². The van der Waals surface area contributed by atoms with Crippen LogP contribution in [0.3, 0.4) is 0 Å². The lowest BCUT2D eigenvalue weighted by Crippen LogP contribution is -2.05. The minimum atomic E-state index is 0.397. The minimum absolute atomic E-state index is 0.397. The summed E-state index contributed by atoms with van der Waals surface area (Å²) >= 11 is 0. The predicted molar refractivity (Wildman–Crippen MR) is 240 cm³/mol. The van der Waals surface area contributed by atoms with Crippen molar-refractivity contribution in [1.29, 1.82) is 31.6 Å². The van der Waals surface area contributed by atoms with Crippen LogP contribution in [0.15, 0.2) is 158 Å². The second kappa shape index (κ2) is 14.6. The molecule has 0 aliphatic carbocycles. The summed E-state index contributed by atoms with van der Waals surface area (Å²) in [6, 6.07) is 63.4. The first-order valence-corrected chi connectivity index (χ1v) is 19.5. The number of hydrogen-bond acceptors (Lipinski definition) is 6. The van der Waals surface area contributed by atoms with E-state index in [2.05, 4.69) is 69.8 Å². The van der Waals surface area contributed by atoms with E-state index in [4.69, 9.17) is 0 Å². The Morgan fingerprint density at radius 1 is 0.274 bits per heavy atom. The van der Waals surface area contributed by atoms with Crippen molar-refractivity contribution in [3.63, 3.8) is 0 Å². The average Bonchev–Trinajstić information content (AvgIpc) is 3.85. The topological polar surface area (TPSA) is 153 Å². The fourth-order valence-corrected chi connectivity index (χ4v) is 8.74. The SMILES string of the molecule is N#Cc1cc(C#N)cc(-c2ccc3c(c2)c2ccccc2n3-c2cc(C#N)cc(-n3c4ccccc4c4cc(-c5cc(C#N)cc(C#N)c5)ccc43)c2-c2cccc(C#N)c2)c1. The van der Waals surface area contributed by atoms with Gasteiger partial charge in [0, 0.05) is 27.1 Å². The van der Waals surface area contributed by atoms with Crippen LogP contribution >= 0.6 is 0 Å². The molecule has 0 N–H and O–H groups in total. The number of benzene rings is 8. The van der Waals surface area contributed by atoms with Crippen molar-refractivity contribution < 1.29 is 0 Å². The second-order valence-electron chi connectivity index (χ2n) is 14.9. The molecule has 0 amide bonds. The maximum atomic E-state index is 10.8. The molecule has 0 radical (unpaired) electrons. The zero-order valence-electron chi connectivity index (χ0n) is 32.6. The number of nitriles is 6. The van der Waals surface area contributed by atoms with Crippen molar-refractivity contribution in [2.45, 2.75) is 0 Å². The van der Waals surface area contributed by atoms with Gasteiger partial charge in [0.1, 0.15) is 0 Å². The van der Waals surface area contributed by atoms with Crippen LogP contribution in [-0.4, -0.2) is 9.13 Å². The van der Waals surface area contributed by atoms with Gasteiger partial charge in [-0.15, -0.1) is 0 Å². The van der Waals surface area contributed by atoms with Crippen molar-refractivity contribution in [2.75, 3.05) is 0 Å². The van der Waals surface area contributed by atoms with Crippen LogP contribution < -0.4 is 0 Å². The Bertz CT molecular complexity index is 3560. The minimum Gasteiger partial charge on any atom is -0.308 e. The molecule has 0 saturated carbocycles. The average molecular weight is 787 g/mol. The molecule has 10 rings (SSSR count). The van der Waals surface area contributed by atoms with Gasteiger partial charge in [-0.25, -0.2) is 0 Å². The molecule has 0 aliphatic heterocycles. The highest BCUT2D eigenvalue weighted by Gasteiger charge is 2.24. The molecule has 8 aromatic carbocycles. The quantitative estimate of drug-likeness (QED) is 0.169. The van der Waals surface area contributed by atoms with Crippen LogP contribution in [0.4, 0.5) is 0 Å². The summed E-state index contributed by atoms with van der Waals surface area (Å²) in [4.78, 5) is 0. The van der Waals surface area contributed by atoms with Gasteiger partial charge in [-0.05, 0) is 125 Å². The molecular formula is C54H26N8. The lowest BCUT2D eigenvalue weighted by molar-refractivity contribution is 1.13.